The smallest absolute Gasteiger partial charge is 0.238 e. The van der Waals surface area contributed by atoms with Gasteiger partial charge in [0.05, 0.1) is 5.69 Å². The molecule has 1 aliphatic heterocycles. The molecule has 1 atom stereocenters. The van der Waals surface area contributed by atoms with Crippen molar-refractivity contribution in [3.63, 3.8) is 0 Å². The van der Waals surface area contributed by atoms with Crippen molar-refractivity contribution >= 4 is 39.5 Å². The Bertz CT molecular complexity index is 818. The van der Waals surface area contributed by atoms with Crippen LogP contribution in [0.15, 0.2) is 53.5 Å². The molecule has 0 unspecified atom stereocenters. The predicted molar refractivity (Wildman–Crippen MR) is 103 cm³/mol. The van der Waals surface area contributed by atoms with Gasteiger partial charge in [0.2, 0.25) is 5.91 Å². The summed E-state index contributed by atoms with van der Waals surface area (Å²) in [4.78, 5) is 17.4. The molecule has 0 spiro atoms. The average Bonchev–Trinajstić information content (AvgIpc) is 3.44. The molecule has 1 fully saturated rings. The summed E-state index contributed by atoms with van der Waals surface area (Å²) in [5, 5.41) is 2.64. The van der Waals surface area contributed by atoms with Gasteiger partial charge in [0.15, 0.2) is 0 Å². The van der Waals surface area contributed by atoms with E-state index in [4.69, 9.17) is 4.99 Å². The van der Waals surface area contributed by atoms with Crippen LogP contribution < -0.4 is 5.32 Å². The summed E-state index contributed by atoms with van der Waals surface area (Å²) in [6.45, 7) is 0. The number of benzene rings is 2. The quantitative estimate of drug-likeness (QED) is 0.837. The van der Waals surface area contributed by atoms with E-state index in [0.29, 0.717) is 0 Å². The summed E-state index contributed by atoms with van der Waals surface area (Å²) in [6.07, 6.45) is 2.07. The zero-order valence-electron chi connectivity index (χ0n) is 13.4. The second kappa shape index (κ2) is 7.22. The third-order valence-corrected chi connectivity index (χ3v) is 6.56. The van der Waals surface area contributed by atoms with Gasteiger partial charge in [-0.15, -0.1) is 0 Å². The Kier molecular flexibility index (Phi) is 4.81. The van der Waals surface area contributed by atoms with E-state index in [0.717, 1.165) is 34.2 Å². The Morgan fingerprint density at radius 1 is 1.20 bits per heavy atom. The Labute approximate surface area is 154 Å². The molecule has 128 valence electrons. The third-order valence-electron chi connectivity index (χ3n) is 4.11. The van der Waals surface area contributed by atoms with Crippen molar-refractivity contribution in [2.45, 2.75) is 29.9 Å². The molecular weight excluding hydrogens is 355 g/mol. The highest BCUT2D eigenvalue weighted by Gasteiger charge is 2.30. The maximum absolute atomic E-state index is 13.3. The van der Waals surface area contributed by atoms with Crippen LogP contribution in [-0.2, 0) is 10.5 Å². The number of rotatable bonds is 4. The summed E-state index contributed by atoms with van der Waals surface area (Å²) in [7, 11) is 0. The van der Waals surface area contributed by atoms with Crippen LogP contribution in [0.3, 0.4) is 0 Å². The lowest BCUT2D eigenvalue weighted by atomic mass is 10.1. The van der Waals surface area contributed by atoms with E-state index < -0.39 is 5.25 Å². The van der Waals surface area contributed by atoms with Crippen LogP contribution in [0, 0.1) is 5.82 Å². The Hall–Kier alpha value is -1.79. The van der Waals surface area contributed by atoms with E-state index in [-0.39, 0.29) is 17.8 Å². The Morgan fingerprint density at radius 2 is 1.96 bits per heavy atom. The first-order valence-electron chi connectivity index (χ1n) is 8.21. The number of nitrogens with zero attached hydrogens (tertiary/aromatic N) is 1. The van der Waals surface area contributed by atoms with Gasteiger partial charge in [0.1, 0.15) is 15.4 Å². The van der Waals surface area contributed by atoms with Gasteiger partial charge in [0.25, 0.3) is 0 Å². The lowest BCUT2D eigenvalue weighted by Crippen LogP contribution is -2.30. The fourth-order valence-electron chi connectivity index (χ4n) is 2.59. The number of halogens is 1. The second-order valence-electron chi connectivity index (χ2n) is 6.13. The van der Waals surface area contributed by atoms with Gasteiger partial charge in [-0.1, -0.05) is 53.9 Å². The summed E-state index contributed by atoms with van der Waals surface area (Å²) in [5.74, 6) is 0.525. The van der Waals surface area contributed by atoms with Gasteiger partial charge >= 0.3 is 0 Å². The van der Waals surface area contributed by atoms with E-state index in [1.54, 1.807) is 23.9 Å². The first-order chi connectivity index (χ1) is 12.2. The lowest BCUT2D eigenvalue weighted by Gasteiger charge is -2.20. The average molecular weight is 372 g/mol. The van der Waals surface area contributed by atoms with Gasteiger partial charge in [0, 0.05) is 11.8 Å². The molecule has 1 saturated carbocycles. The molecule has 0 radical (unpaired) electrons. The van der Waals surface area contributed by atoms with Crippen molar-refractivity contribution in [2.24, 2.45) is 4.99 Å². The molecule has 0 bridgehead atoms. The molecule has 1 amide bonds. The van der Waals surface area contributed by atoms with Crippen LogP contribution >= 0.6 is 23.5 Å². The molecule has 2 aliphatic rings. The van der Waals surface area contributed by atoms with Crippen LogP contribution in [0.25, 0.3) is 0 Å². The molecule has 6 heteroatoms. The first kappa shape index (κ1) is 16.7. The second-order valence-corrected chi connectivity index (χ2v) is 8.44. The number of hydrogen-bond donors (Lipinski definition) is 1. The Morgan fingerprint density at radius 3 is 2.72 bits per heavy atom. The largest absolute Gasteiger partial charge is 0.352 e. The molecule has 1 N–H and O–H groups in total. The first-order valence-corrected chi connectivity index (χ1v) is 10.1. The van der Waals surface area contributed by atoms with E-state index in [2.05, 4.69) is 11.4 Å². The van der Waals surface area contributed by atoms with Crippen LogP contribution in [0.5, 0.6) is 0 Å². The number of hydrogen-bond acceptors (Lipinski definition) is 4. The number of nitrogens with one attached hydrogen (secondary N) is 1. The number of carbonyl (C=O) groups excluding carboxylic acids is 1. The minimum Gasteiger partial charge on any atom is -0.352 e. The topological polar surface area (TPSA) is 41.5 Å². The molecule has 2 aromatic carbocycles. The summed E-state index contributed by atoms with van der Waals surface area (Å²) in [5.41, 5.74) is 2.97. The maximum atomic E-state index is 13.3. The van der Waals surface area contributed by atoms with Crippen molar-refractivity contribution < 1.29 is 9.18 Å². The number of fused-ring (bicyclic) bond motifs is 1. The third kappa shape index (κ3) is 4.07. The summed E-state index contributed by atoms with van der Waals surface area (Å²) < 4.78 is 14.1. The maximum Gasteiger partial charge on any atom is 0.238 e. The summed E-state index contributed by atoms with van der Waals surface area (Å²) >= 11 is 3.09. The Balaban J connectivity index is 1.58. The highest BCUT2D eigenvalue weighted by Crippen LogP contribution is 2.40. The zero-order valence-corrected chi connectivity index (χ0v) is 15.1. The van der Waals surface area contributed by atoms with Gasteiger partial charge in [-0.05, 0) is 42.2 Å². The molecule has 25 heavy (non-hydrogen) atoms. The molecule has 1 aliphatic carbocycles. The van der Waals surface area contributed by atoms with Crippen molar-refractivity contribution in [1.29, 1.82) is 0 Å². The molecule has 1 heterocycles. The molecule has 3 nitrogen and oxygen atoms in total. The lowest BCUT2D eigenvalue weighted by molar-refractivity contribution is -0.120. The SMILES string of the molecule is O=C(NC1CC1)[C@H](SC1=Nc2ccccc2CS1)c1ccc(F)cc1. The van der Waals surface area contributed by atoms with Gasteiger partial charge < -0.3 is 5.32 Å². The van der Waals surface area contributed by atoms with Crippen molar-refractivity contribution in [2.75, 3.05) is 0 Å². The van der Waals surface area contributed by atoms with E-state index in [9.17, 15) is 9.18 Å². The standard InChI is InChI=1S/C19H17FN2OS2/c20-14-7-5-12(6-8-14)17(18(23)21-15-9-10-15)25-19-22-16-4-2-1-3-13(16)11-24-19/h1-8,15,17H,9-11H2,(H,21,23)/t17-/m1/s1. The highest BCUT2D eigenvalue weighted by atomic mass is 32.2. The number of carbonyl (C=O) groups is 1. The molecular formula is C19H17FN2OS2. The number of aliphatic imine (C=N–C) groups is 1. The van der Waals surface area contributed by atoms with Gasteiger partial charge in [-0.2, -0.15) is 0 Å². The molecule has 0 aromatic heterocycles. The van der Waals surface area contributed by atoms with Crippen LogP contribution in [0.2, 0.25) is 0 Å². The van der Waals surface area contributed by atoms with Gasteiger partial charge in [-0.25, -0.2) is 9.38 Å². The molecule has 2 aromatic rings. The van der Waals surface area contributed by atoms with E-state index in [1.807, 2.05) is 18.2 Å². The summed E-state index contributed by atoms with van der Waals surface area (Å²) in [6, 6.07) is 14.5. The zero-order chi connectivity index (χ0) is 17.2. The number of thioether (sulfide) groups is 2. The van der Waals surface area contributed by atoms with Crippen LogP contribution in [-0.4, -0.2) is 16.3 Å². The number of para-hydroxylation sites is 1. The van der Waals surface area contributed by atoms with Crippen molar-refractivity contribution in [3.8, 4) is 0 Å². The molecule has 0 saturated heterocycles. The monoisotopic (exact) mass is 372 g/mol. The number of amides is 1. The van der Waals surface area contributed by atoms with Crippen molar-refractivity contribution in [1.82, 2.24) is 5.32 Å². The fourth-order valence-corrected chi connectivity index (χ4v) is 4.83. The fraction of sp³-hybridized carbons (Fsp3) is 0.263. The van der Waals surface area contributed by atoms with Crippen molar-refractivity contribution in [3.05, 3.63) is 65.5 Å². The highest BCUT2D eigenvalue weighted by molar-refractivity contribution is 8.38. The molecule has 4 rings (SSSR count). The van der Waals surface area contributed by atoms with Crippen LogP contribution in [0.4, 0.5) is 10.1 Å². The van der Waals surface area contributed by atoms with E-state index in [1.165, 1.54) is 29.5 Å². The van der Waals surface area contributed by atoms with Crippen LogP contribution in [0.1, 0.15) is 29.2 Å². The minimum atomic E-state index is -0.419. The minimum absolute atomic E-state index is 0.0266. The normalized spacial score (nSPS) is 17.4. The van der Waals surface area contributed by atoms with Gasteiger partial charge in [-0.3, -0.25) is 4.79 Å². The predicted octanol–water partition coefficient (Wildman–Crippen LogP) is 4.81. The van der Waals surface area contributed by atoms with E-state index >= 15 is 0 Å².